The summed E-state index contributed by atoms with van der Waals surface area (Å²) in [5.74, 6) is -1.48. The van der Waals surface area contributed by atoms with E-state index in [1.54, 1.807) is 11.0 Å². The van der Waals surface area contributed by atoms with E-state index in [1.165, 1.54) is 38.0 Å². The molecule has 41 heavy (non-hydrogen) atoms. The third kappa shape index (κ3) is 6.51. The highest BCUT2D eigenvalue weighted by atomic mass is 19.4. The SMILES string of the molecule is COc1cc(F)cc(F)c1-c1nccc(Nc2cc(N3C[C@@H](N)C[C@H](F)C3)c(-c3cnn(CC(F)(F)F)c3)cn2)n1. The normalized spacial score (nSPS) is 17.5. The molecule has 4 heterocycles. The van der Waals surface area contributed by atoms with Gasteiger partial charge in [0.15, 0.2) is 5.82 Å². The summed E-state index contributed by atoms with van der Waals surface area (Å²) in [6.07, 6.45) is -0.209. The summed E-state index contributed by atoms with van der Waals surface area (Å²) in [6.45, 7) is -0.955. The molecular formula is C26H24F6N8O. The lowest BCUT2D eigenvalue weighted by Crippen LogP contribution is -2.48. The van der Waals surface area contributed by atoms with E-state index in [9.17, 15) is 26.3 Å². The Morgan fingerprint density at radius 3 is 2.63 bits per heavy atom. The van der Waals surface area contributed by atoms with Gasteiger partial charge in [-0.05, 0) is 12.5 Å². The van der Waals surface area contributed by atoms with Gasteiger partial charge in [-0.2, -0.15) is 18.3 Å². The molecule has 2 atom stereocenters. The first kappa shape index (κ1) is 28.1. The van der Waals surface area contributed by atoms with Gasteiger partial charge in [0.25, 0.3) is 0 Å². The van der Waals surface area contributed by atoms with Gasteiger partial charge in [0.1, 0.15) is 41.7 Å². The number of nitrogens with zero attached hydrogens (tertiary/aromatic N) is 6. The fraction of sp³-hybridized carbons (Fsp3) is 0.308. The molecule has 4 aromatic rings. The van der Waals surface area contributed by atoms with Gasteiger partial charge in [-0.3, -0.25) is 4.68 Å². The van der Waals surface area contributed by atoms with Gasteiger partial charge >= 0.3 is 6.18 Å². The molecule has 0 amide bonds. The lowest BCUT2D eigenvalue weighted by atomic mass is 10.0. The minimum absolute atomic E-state index is 0.0160. The fourth-order valence-corrected chi connectivity index (χ4v) is 4.65. The van der Waals surface area contributed by atoms with E-state index in [0.29, 0.717) is 29.4 Å². The van der Waals surface area contributed by atoms with Crippen molar-refractivity contribution in [3.05, 3.63) is 60.7 Å². The van der Waals surface area contributed by atoms with Crippen molar-refractivity contribution in [2.45, 2.75) is 31.4 Å². The molecule has 216 valence electrons. The number of nitrogens with two attached hydrogens (primary N) is 1. The predicted octanol–water partition coefficient (Wildman–Crippen LogP) is 4.87. The van der Waals surface area contributed by atoms with Crippen molar-refractivity contribution in [3.63, 3.8) is 0 Å². The van der Waals surface area contributed by atoms with E-state index in [-0.39, 0.29) is 41.7 Å². The second-order valence-electron chi connectivity index (χ2n) is 9.48. The van der Waals surface area contributed by atoms with Gasteiger partial charge in [0.2, 0.25) is 0 Å². The number of anilines is 3. The average Bonchev–Trinajstić information content (AvgIpc) is 3.34. The van der Waals surface area contributed by atoms with Crippen LogP contribution in [-0.2, 0) is 6.54 Å². The van der Waals surface area contributed by atoms with Crippen molar-refractivity contribution in [2.24, 2.45) is 5.73 Å². The number of aromatic nitrogens is 5. The Morgan fingerprint density at radius 2 is 1.90 bits per heavy atom. The van der Waals surface area contributed by atoms with Crippen LogP contribution in [0.5, 0.6) is 5.75 Å². The molecule has 5 rings (SSSR count). The lowest BCUT2D eigenvalue weighted by molar-refractivity contribution is -0.142. The topological polar surface area (TPSA) is 107 Å². The molecule has 0 saturated carbocycles. The second-order valence-corrected chi connectivity index (χ2v) is 9.48. The Labute approximate surface area is 230 Å². The van der Waals surface area contributed by atoms with Gasteiger partial charge in [-0.15, -0.1) is 0 Å². The number of methoxy groups -OCH3 is 1. The van der Waals surface area contributed by atoms with Crippen LogP contribution >= 0.6 is 0 Å². The highest BCUT2D eigenvalue weighted by molar-refractivity contribution is 5.80. The van der Waals surface area contributed by atoms with Crippen LogP contribution in [0.2, 0.25) is 0 Å². The third-order valence-corrected chi connectivity index (χ3v) is 6.31. The third-order valence-electron chi connectivity index (χ3n) is 6.31. The fourth-order valence-electron chi connectivity index (χ4n) is 4.65. The molecule has 1 aliphatic heterocycles. The van der Waals surface area contributed by atoms with Crippen LogP contribution in [0.3, 0.4) is 0 Å². The van der Waals surface area contributed by atoms with Crippen molar-refractivity contribution in [2.75, 3.05) is 30.4 Å². The zero-order valence-electron chi connectivity index (χ0n) is 21.5. The number of alkyl halides is 4. The summed E-state index contributed by atoms with van der Waals surface area (Å²) in [4.78, 5) is 14.4. The molecular weight excluding hydrogens is 554 g/mol. The Hall–Kier alpha value is -4.40. The lowest BCUT2D eigenvalue weighted by Gasteiger charge is -2.35. The quantitative estimate of drug-likeness (QED) is 0.299. The summed E-state index contributed by atoms with van der Waals surface area (Å²) in [5.41, 5.74) is 7.15. The number of hydrogen-bond donors (Lipinski definition) is 2. The number of rotatable bonds is 7. The van der Waals surface area contributed by atoms with Crippen LogP contribution in [-0.4, -0.2) is 63.3 Å². The summed E-state index contributed by atoms with van der Waals surface area (Å²) in [5, 5.41) is 6.78. The maximum Gasteiger partial charge on any atom is 0.408 e. The molecule has 1 aromatic carbocycles. The summed E-state index contributed by atoms with van der Waals surface area (Å²) < 4.78 is 87.3. The van der Waals surface area contributed by atoms with Crippen molar-refractivity contribution < 1.29 is 31.1 Å². The van der Waals surface area contributed by atoms with Crippen LogP contribution < -0.4 is 20.7 Å². The maximum atomic E-state index is 14.6. The maximum absolute atomic E-state index is 14.6. The molecule has 0 unspecified atom stereocenters. The molecule has 15 heteroatoms. The average molecular weight is 579 g/mol. The minimum atomic E-state index is -4.46. The first-order valence-corrected chi connectivity index (χ1v) is 12.4. The molecule has 1 aliphatic rings. The zero-order chi connectivity index (χ0) is 29.3. The molecule has 1 fully saturated rings. The van der Waals surface area contributed by atoms with E-state index < -0.39 is 36.6 Å². The second kappa shape index (κ2) is 11.2. The molecule has 3 N–H and O–H groups in total. The van der Waals surface area contributed by atoms with Crippen molar-refractivity contribution in [1.82, 2.24) is 24.7 Å². The molecule has 0 spiro atoms. The highest BCUT2D eigenvalue weighted by Gasteiger charge is 2.30. The first-order valence-electron chi connectivity index (χ1n) is 12.4. The van der Waals surface area contributed by atoms with Crippen LogP contribution in [0.25, 0.3) is 22.5 Å². The minimum Gasteiger partial charge on any atom is -0.496 e. The summed E-state index contributed by atoms with van der Waals surface area (Å²) in [7, 11) is 1.26. The number of piperidine rings is 1. The number of halogens is 6. The number of hydrogen-bond acceptors (Lipinski definition) is 8. The Bertz CT molecular complexity index is 1530. The summed E-state index contributed by atoms with van der Waals surface area (Å²) in [6, 6.07) is 4.30. The summed E-state index contributed by atoms with van der Waals surface area (Å²) >= 11 is 0. The van der Waals surface area contributed by atoms with Crippen LogP contribution in [0.1, 0.15) is 6.42 Å². The van der Waals surface area contributed by atoms with Gasteiger partial charge < -0.3 is 20.7 Å². The molecule has 0 bridgehead atoms. The van der Waals surface area contributed by atoms with E-state index in [0.717, 1.165) is 10.7 Å². The Kier molecular flexibility index (Phi) is 7.71. The standard InChI is InChI=1S/C26H24F6N8O/c1-41-21-6-15(27)5-19(29)24(21)25-34-3-2-22(38-25)37-23-7-20(39-11-16(28)4-17(33)12-39)18(9-35-23)14-8-36-40(10-14)13-26(30,31)32/h2-3,5-10,16-17H,4,11-13,33H2,1H3,(H,34,35,37,38)/t16-,17-/m0/s1. The van der Waals surface area contributed by atoms with E-state index in [2.05, 4.69) is 25.4 Å². The van der Waals surface area contributed by atoms with E-state index >= 15 is 0 Å². The van der Waals surface area contributed by atoms with E-state index in [1.807, 2.05) is 0 Å². The number of benzene rings is 1. The first-order chi connectivity index (χ1) is 19.5. The van der Waals surface area contributed by atoms with Gasteiger partial charge in [0.05, 0.1) is 24.6 Å². The number of pyridine rings is 1. The van der Waals surface area contributed by atoms with Crippen molar-refractivity contribution in [1.29, 1.82) is 0 Å². The molecule has 9 nitrogen and oxygen atoms in total. The van der Waals surface area contributed by atoms with Crippen LogP contribution in [0.4, 0.5) is 43.7 Å². The molecule has 0 aliphatic carbocycles. The van der Waals surface area contributed by atoms with Crippen LogP contribution in [0, 0.1) is 11.6 Å². The monoisotopic (exact) mass is 578 g/mol. The molecule has 3 aromatic heterocycles. The Morgan fingerprint density at radius 1 is 1.10 bits per heavy atom. The Balaban J connectivity index is 1.50. The largest absolute Gasteiger partial charge is 0.496 e. The number of ether oxygens (including phenoxy) is 1. The molecule has 1 saturated heterocycles. The van der Waals surface area contributed by atoms with Crippen LogP contribution in [0.15, 0.2) is 49.1 Å². The van der Waals surface area contributed by atoms with E-state index in [4.69, 9.17) is 10.5 Å². The highest BCUT2D eigenvalue weighted by Crippen LogP contribution is 2.36. The van der Waals surface area contributed by atoms with Crippen molar-refractivity contribution >= 4 is 17.3 Å². The van der Waals surface area contributed by atoms with Gasteiger partial charge in [-0.25, -0.2) is 28.1 Å². The predicted molar refractivity (Wildman–Crippen MR) is 138 cm³/mol. The van der Waals surface area contributed by atoms with Gasteiger partial charge in [-0.1, -0.05) is 0 Å². The number of nitrogens with one attached hydrogen (secondary N) is 1. The zero-order valence-corrected chi connectivity index (χ0v) is 21.5. The van der Waals surface area contributed by atoms with Crippen molar-refractivity contribution in [3.8, 4) is 28.3 Å². The smallest absolute Gasteiger partial charge is 0.408 e. The van der Waals surface area contributed by atoms with Gasteiger partial charge in [0, 0.05) is 67.0 Å². The molecule has 0 radical (unpaired) electrons.